The van der Waals surface area contributed by atoms with Crippen LogP contribution in [0.5, 0.6) is 11.5 Å². The molecule has 31 heavy (non-hydrogen) atoms. The van der Waals surface area contributed by atoms with Crippen LogP contribution in [0, 0.1) is 11.7 Å². The van der Waals surface area contributed by atoms with Crippen molar-refractivity contribution in [3.8, 4) is 22.2 Å². The minimum Gasteiger partial charge on any atom is -0.457 e. The van der Waals surface area contributed by atoms with E-state index in [9.17, 15) is 4.79 Å². The number of carbonyl (C=O) groups is 1. The molecule has 2 N–H and O–H groups in total. The molecule has 4 rings (SSSR count). The van der Waals surface area contributed by atoms with Crippen molar-refractivity contribution in [3.05, 3.63) is 83.3 Å². The van der Waals surface area contributed by atoms with E-state index in [1.54, 1.807) is 24.3 Å². The van der Waals surface area contributed by atoms with Crippen molar-refractivity contribution in [2.45, 2.75) is 13.5 Å². The lowest BCUT2D eigenvalue weighted by Gasteiger charge is -2.10. The minimum absolute atomic E-state index is 0.309. The van der Waals surface area contributed by atoms with Crippen molar-refractivity contribution in [2.24, 2.45) is 0 Å². The quantitative estimate of drug-likeness (QED) is 0.283. The summed E-state index contributed by atoms with van der Waals surface area (Å²) in [6, 6.07) is 16.4. The summed E-state index contributed by atoms with van der Waals surface area (Å²) in [5, 5.41) is 10.4. The van der Waals surface area contributed by atoms with Crippen LogP contribution in [-0.2, 0) is 6.54 Å². The molecular weight excluding hydrogens is 430 g/mol. The van der Waals surface area contributed by atoms with Crippen LogP contribution < -0.4 is 10.1 Å². The lowest BCUT2D eigenvalue weighted by Crippen LogP contribution is -2.12. The molecule has 0 fully saturated rings. The van der Waals surface area contributed by atoms with Crippen LogP contribution in [0.1, 0.15) is 16.1 Å². The Morgan fingerprint density at radius 1 is 1.26 bits per heavy atom. The molecule has 0 saturated heterocycles. The molecular formula is C22H19N5O2S2. The predicted molar refractivity (Wildman–Crippen MR) is 124 cm³/mol. The molecule has 2 aromatic carbocycles. The van der Waals surface area contributed by atoms with E-state index in [0.29, 0.717) is 39.3 Å². The number of carbonyl (C=O) groups excluding carboxylic acids is 1. The maximum atomic E-state index is 13.0. The zero-order chi connectivity index (χ0) is 21.8. The van der Waals surface area contributed by atoms with Crippen molar-refractivity contribution in [3.63, 3.8) is 0 Å². The molecule has 9 heteroatoms. The molecule has 2 heterocycles. The van der Waals surface area contributed by atoms with Crippen LogP contribution in [0.25, 0.3) is 10.7 Å². The van der Waals surface area contributed by atoms with Crippen molar-refractivity contribution in [2.75, 3.05) is 5.32 Å². The van der Waals surface area contributed by atoms with Crippen LogP contribution in [0.2, 0.25) is 0 Å². The Kier molecular flexibility index (Phi) is 6.06. The van der Waals surface area contributed by atoms with Crippen LogP contribution in [-0.4, -0.2) is 25.7 Å². The topological polar surface area (TPSA) is 84.8 Å². The SMILES string of the molecule is C=CCn1c(-c2sc(NC(=O)c3ccccc3Oc3ccccc3)nc2C)n[nH]c1=S. The van der Waals surface area contributed by atoms with E-state index in [4.69, 9.17) is 17.0 Å². The standard InChI is InChI=1S/C22H19N5O2S2/c1-3-13-27-19(25-26-22(27)30)18-14(2)23-21(31-18)24-20(28)16-11-7-8-12-17(16)29-15-9-5-4-6-10-15/h3-12H,1,13H2,2H3,(H,26,30)(H,23,24,28). The number of allylic oxidation sites excluding steroid dienone is 1. The molecule has 0 spiro atoms. The molecule has 0 saturated carbocycles. The number of aromatic amines is 1. The number of amides is 1. The summed E-state index contributed by atoms with van der Waals surface area (Å²) in [6.07, 6.45) is 1.75. The van der Waals surface area contributed by atoms with E-state index in [-0.39, 0.29) is 5.91 Å². The number of nitrogens with zero attached hydrogens (tertiary/aromatic N) is 3. The number of thiazole rings is 1. The number of H-pyrrole nitrogens is 1. The second-order valence-electron chi connectivity index (χ2n) is 6.55. The van der Waals surface area contributed by atoms with Crippen molar-refractivity contribution >= 4 is 34.6 Å². The first-order chi connectivity index (χ1) is 15.1. The fourth-order valence-electron chi connectivity index (χ4n) is 2.97. The number of nitrogens with one attached hydrogen (secondary N) is 2. The Labute approximate surface area is 188 Å². The average molecular weight is 450 g/mol. The molecule has 7 nitrogen and oxygen atoms in total. The summed E-state index contributed by atoms with van der Waals surface area (Å²) in [7, 11) is 0. The highest BCUT2D eigenvalue weighted by atomic mass is 32.1. The molecule has 156 valence electrons. The average Bonchev–Trinajstić information content (AvgIpc) is 3.31. The Balaban J connectivity index is 1.59. The number of aromatic nitrogens is 4. The largest absolute Gasteiger partial charge is 0.457 e. The molecule has 0 unspecified atom stereocenters. The Morgan fingerprint density at radius 3 is 2.77 bits per heavy atom. The van der Waals surface area contributed by atoms with Gasteiger partial charge in [0, 0.05) is 6.54 Å². The van der Waals surface area contributed by atoms with E-state index < -0.39 is 0 Å². The van der Waals surface area contributed by atoms with E-state index in [2.05, 4.69) is 27.1 Å². The Morgan fingerprint density at radius 2 is 2.00 bits per heavy atom. The molecule has 0 bridgehead atoms. The highest BCUT2D eigenvalue weighted by Gasteiger charge is 2.19. The third-order valence-electron chi connectivity index (χ3n) is 4.39. The summed E-state index contributed by atoms with van der Waals surface area (Å²) >= 11 is 6.62. The Bertz CT molecular complexity index is 1290. The monoisotopic (exact) mass is 449 g/mol. The molecule has 1 amide bonds. The lowest BCUT2D eigenvalue weighted by atomic mass is 10.2. The van der Waals surface area contributed by atoms with E-state index >= 15 is 0 Å². The maximum absolute atomic E-state index is 13.0. The first kappa shape index (κ1) is 20.7. The summed E-state index contributed by atoms with van der Waals surface area (Å²) in [5.74, 6) is 1.47. The van der Waals surface area contributed by atoms with Gasteiger partial charge < -0.3 is 4.74 Å². The van der Waals surface area contributed by atoms with Gasteiger partial charge >= 0.3 is 0 Å². The minimum atomic E-state index is -0.309. The van der Waals surface area contributed by atoms with Gasteiger partial charge in [-0.15, -0.1) is 6.58 Å². The first-order valence-electron chi connectivity index (χ1n) is 9.44. The van der Waals surface area contributed by atoms with Gasteiger partial charge in [-0.3, -0.25) is 19.8 Å². The van der Waals surface area contributed by atoms with Crippen molar-refractivity contribution in [1.82, 2.24) is 19.7 Å². The maximum Gasteiger partial charge on any atom is 0.261 e. The number of anilines is 1. The number of para-hydroxylation sites is 2. The summed E-state index contributed by atoms with van der Waals surface area (Å²) in [6.45, 7) is 6.15. The number of hydrogen-bond donors (Lipinski definition) is 2. The fourth-order valence-corrected chi connectivity index (χ4v) is 4.14. The molecule has 0 radical (unpaired) electrons. The van der Waals surface area contributed by atoms with Crippen LogP contribution in [0.3, 0.4) is 0 Å². The van der Waals surface area contributed by atoms with Crippen molar-refractivity contribution in [1.29, 1.82) is 0 Å². The predicted octanol–water partition coefficient (Wildman–Crippen LogP) is 5.60. The van der Waals surface area contributed by atoms with Gasteiger partial charge in [0.2, 0.25) is 0 Å². The second kappa shape index (κ2) is 9.07. The fraction of sp³-hybridized carbons (Fsp3) is 0.0909. The van der Waals surface area contributed by atoms with E-state index in [0.717, 1.165) is 10.6 Å². The molecule has 0 aliphatic heterocycles. The highest BCUT2D eigenvalue weighted by molar-refractivity contribution is 7.71. The lowest BCUT2D eigenvalue weighted by molar-refractivity contribution is 0.102. The van der Waals surface area contributed by atoms with Gasteiger partial charge in [0.1, 0.15) is 11.5 Å². The number of hydrogen-bond acceptors (Lipinski definition) is 6. The van der Waals surface area contributed by atoms with Gasteiger partial charge in [0.15, 0.2) is 15.7 Å². The third-order valence-corrected chi connectivity index (χ3v) is 5.77. The van der Waals surface area contributed by atoms with Gasteiger partial charge in [-0.2, -0.15) is 5.10 Å². The zero-order valence-electron chi connectivity index (χ0n) is 16.7. The normalized spacial score (nSPS) is 10.6. The molecule has 0 aliphatic rings. The summed E-state index contributed by atoms with van der Waals surface area (Å²) in [5.41, 5.74) is 1.16. The summed E-state index contributed by atoms with van der Waals surface area (Å²) in [4.78, 5) is 18.3. The van der Waals surface area contributed by atoms with Crippen LogP contribution in [0.15, 0.2) is 67.3 Å². The van der Waals surface area contributed by atoms with E-state index in [1.807, 2.05) is 47.9 Å². The number of rotatable bonds is 7. The zero-order valence-corrected chi connectivity index (χ0v) is 18.3. The van der Waals surface area contributed by atoms with Gasteiger partial charge in [0.05, 0.1) is 16.1 Å². The Hall–Kier alpha value is -3.56. The van der Waals surface area contributed by atoms with Gasteiger partial charge in [-0.05, 0) is 43.4 Å². The van der Waals surface area contributed by atoms with Gasteiger partial charge in [-0.25, -0.2) is 4.98 Å². The van der Waals surface area contributed by atoms with Crippen LogP contribution >= 0.6 is 23.6 Å². The second-order valence-corrected chi connectivity index (χ2v) is 7.94. The van der Waals surface area contributed by atoms with Gasteiger partial charge in [-0.1, -0.05) is 47.7 Å². The number of ether oxygens (including phenoxy) is 1. The number of aryl methyl sites for hydroxylation is 1. The molecule has 0 aliphatic carbocycles. The highest BCUT2D eigenvalue weighted by Crippen LogP contribution is 2.33. The third kappa shape index (κ3) is 4.47. The molecule has 2 aromatic heterocycles. The summed E-state index contributed by atoms with van der Waals surface area (Å²) < 4.78 is 8.23. The smallest absolute Gasteiger partial charge is 0.261 e. The van der Waals surface area contributed by atoms with Crippen molar-refractivity contribution < 1.29 is 9.53 Å². The number of benzene rings is 2. The van der Waals surface area contributed by atoms with Crippen LogP contribution in [0.4, 0.5) is 5.13 Å². The first-order valence-corrected chi connectivity index (χ1v) is 10.7. The molecule has 4 aromatic rings. The van der Waals surface area contributed by atoms with Gasteiger partial charge in [0.25, 0.3) is 5.91 Å². The van der Waals surface area contributed by atoms with E-state index in [1.165, 1.54) is 11.3 Å². The molecule has 0 atom stereocenters.